The van der Waals surface area contributed by atoms with E-state index in [0.29, 0.717) is 5.82 Å². The molecule has 6 nitrogen and oxygen atoms in total. The van der Waals surface area contributed by atoms with Crippen LogP contribution in [0.25, 0.3) is 0 Å². The second-order valence-corrected chi connectivity index (χ2v) is 4.21. The summed E-state index contributed by atoms with van der Waals surface area (Å²) in [6.45, 7) is 3.78. The number of methoxy groups -OCH3 is 1. The Morgan fingerprint density at radius 3 is 2.65 bits per heavy atom. The maximum atomic E-state index is 11.5. The number of carbonyl (C=O) groups is 1. The molecule has 1 rings (SSSR count). The van der Waals surface area contributed by atoms with Crippen molar-refractivity contribution in [1.29, 1.82) is 0 Å². The normalized spacial score (nSPS) is 12.3. The molecule has 1 heterocycles. The molecule has 7 heteroatoms. The van der Waals surface area contributed by atoms with E-state index in [-0.39, 0.29) is 23.0 Å². The number of aromatic nitrogens is 2. The first-order valence-electron chi connectivity index (χ1n) is 5.08. The minimum atomic E-state index is -0.509. The lowest BCUT2D eigenvalue weighted by molar-refractivity contribution is -0.142. The van der Waals surface area contributed by atoms with Crippen LogP contribution < -0.4 is 11.1 Å². The Labute approximate surface area is 105 Å². The lowest BCUT2D eigenvalue weighted by Crippen LogP contribution is -2.35. The van der Waals surface area contributed by atoms with Crippen LogP contribution in [0, 0.1) is 5.92 Å². The fourth-order valence-corrected chi connectivity index (χ4v) is 1.48. The molecule has 0 aromatic carbocycles. The highest BCUT2D eigenvalue weighted by Gasteiger charge is 2.23. The summed E-state index contributed by atoms with van der Waals surface area (Å²) in [5.74, 6) is 0.115. The summed E-state index contributed by atoms with van der Waals surface area (Å²) in [5, 5.41) is 3.14. The van der Waals surface area contributed by atoms with Gasteiger partial charge in [0.1, 0.15) is 17.0 Å². The molecule has 0 amide bonds. The van der Waals surface area contributed by atoms with Crippen LogP contribution in [0.3, 0.4) is 0 Å². The number of nitrogen functional groups attached to an aromatic ring is 1. The third kappa shape index (κ3) is 3.74. The summed E-state index contributed by atoms with van der Waals surface area (Å²) >= 11 is 5.74. The zero-order valence-corrected chi connectivity index (χ0v) is 10.7. The lowest BCUT2D eigenvalue weighted by Gasteiger charge is -2.20. The highest BCUT2D eigenvalue weighted by Crippen LogP contribution is 2.16. The predicted molar refractivity (Wildman–Crippen MR) is 65.7 cm³/mol. The number of rotatable bonds is 4. The minimum Gasteiger partial charge on any atom is -0.467 e. The number of hydrogen-bond donors (Lipinski definition) is 2. The molecule has 94 valence electrons. The molecule has 0 spiro atoms. The number of esters is 1. The van der Waals surface area contributed by atoms with Gasteiger partial charge in [0, 0.05) is 6.07 Å². The van der Waals surface area contributed by atoms with Crippen molar-refractivity contribution in [1.82, 2.24) is 9.97 Å². The average molecular weight is 259 g/mol. The number of nitrogens with one attached hydrogen (secondary N) is 1. The first-order valence-corrected chi connectivity index (χ1v) is 5.46. The van der Waals surface area contributed by atoms with Gasteiger partial charge in [-0.1, -0.05) is 25.4 Å². The Morgan fingerprint density at radius 2 is 2.18 bits per heavy atom. The van der Waals surface area contributed by atoms with Crippen molar-refractivity contribution in [2.45, 2.75) is 19.9 Å². The van der Waals surface area contributed by atoms with Crippen molar-refractivity contribution in [2.75, 3.05) is 18.2 Å². The Morgan fingerprint density at radius 1 is 1.53 bits per heavy atom. The molecule has 0 bridgehead atoms. The van der Waals surface area contributed by atoms with Gasteiger partial charge in [0.25, 0.3) is 0 Å². The summed E-state index contributed by atoms with van der Waals surface area (Å²) in [6, 6.07) is 0.987. The van der Waals surface area contributed by atoms with Gasteiger partial charge < -0.3 is 15.8 Å². The lowest BCUT2D eigenvalue weighted by atomic mass is 10.0. The Hall–Kier alpha value is -1.56. The van der Waals surface area contributed by atoms with E-state index in [0.717, 1.165) is 0 Å². The van der Waals surface area contributed by atoms with E-state index in [1.165, 1.54) is 13.2 Å². The number of ether oxygens (including phenoxy) is 1. The molecule has 0 fully saturated rings. The molecule has 1 aromatic heterocycles. The van der Waals surface area contributed by atoms with Crippen molar-refractivity contribution >= 4 is 29.3 Å². The molecule has 3 N–H and O–H groups in total. The third-order valence-electron chi connectivity index (χ3n) is 2.14. The van der Waals surface area contributed by atoms with Crippen LogP contribution in [0.5, 0.6) is 0 Å². The summed E-state index contributed by atoms with van der Waals surface area (Å²) in [6.07, 6.45) is 0. The second-order valence-electron chi connectivity index (χ2n) is 3.82. The molecule has 0 aliphatic heterocycles. The zero-order valence-electron chi connectivity index (χ0n) is 9.90. The maximum Gasteiger partial charge on any atom is 0.328 e. The summed E-state index contributed by atoms with van der Waals surface area (Å²) in [7, 11) is 1.33. The largest absolute Gasteiger partial charge is 0.467 e. The quantitative estimate of drug-likeness (QED) is 0.625. The van der Waals surface area contributed by atoms with Crippen LogP contribution in [0.4, 0.5) is 11.8 Å². The average Bonchev–Trinajstić information content (AvgIpc) is 2.23. The molecule has 0 aliphatic rings. The predicted octanol–water partition coefficient (Wildman–Crippen LogP) is 1.32. The highest BCUT2D eigenvalue weighted by molar-refractivity contribution is 6.29. The van der Waals surface area contributed by atoms with Crippen molar-refractivity contribution in [3.05, 3.63) is 11.2 Å². The van der Waals surface area contributed by atoms with Crippen LogP contribution in [0.2, 0.25) is 5.15 Å². The Bertz CT molecular complexity index is 391. The molecule has 0 radical (unpaired) electrons. The summed E-state index contributed by atoms with van der Waals surface area (Å²) in [5.41, 5.74) is 5.46. The fourth-order valence-electron chi connectivity index (χ4n) is 1.29. The van der Waals surface area contributed by atoms with Gasteiger partial charge in [-0.3, -0.25) is 0 Å². The van der Waals surface area contributed by atoms with E-state index in [9.17, 15) is 4.79 Å². The van der Waals surface area contributed by atoms with Crippen molar-refractivity contribution < 1.29 is 9.53 Å². The van der Waals surface area contributed by atoms with Crippen molar-refractivity contribution in [2.24, 2.45) is 5.92 Å². The van der Waals surface area contributed by atoms with Gasteiger partial charge in [-0.15, -0.1) is 0 Å². The van der Waals surface area contributed by atoms with E-state index in [2.05, 4.69) is 15.3 Å². The Kier molecular flexibility index (Phi) is 4.51. The SMILES string of the molecule is COC(=O)C(Nc1cc(Cl)nc(N)n1)C(C)C. The first kappa shape index (κ1) is 13.5. The number of halogens is 1. The zero-order chi connectivity index (χ0) is 13.0. The monoisotopic (exact) mass is 258 g/mol. The van der Waals surface area contributed by atoms with E-state index >= 15 is 0 Å². The van der Waals surface area contributed by atoms with E-state index in [4.69, 9.17) is 22.1 Å². The number of hydrogen-bond acceptors (Lipinski definition) is 6. The molecular formula is C10H15ClN4O2. The number of nitrogens with two attached hydrogens (primary N) is 1. The molecule has 1 aromatic rings. The molecule has 17 heavy (non-hydrogen) atoms. The van der Waals surface area contributed by atoms with Gasteiger partial charge in [-0.25, -0.2) is 9.78 Å². The van der Waals surface area contributed by atoms with Gasteiger partial charge in [0.15, 0.2) is 0 Å². The number of nitrogens with zero attached hydrogens (tertiary/aromatic N) is 2. The maximum absolute atomic E-state index is 11.5. The van der Waals surface area contributed by atoms with Gasteiger partial charge in [0.05, 0.1) is 7.11 Å². The van der Waals surface area contributed by atoms with Crippen LogP contribution in [-0.2, 0) is 9.53 Å². The van der Waals surface area contributed by atoms with Crippen molar-refractivity contribution in [3.63, 3.8) is 0 Å². The third-order valence-corrected chi connectivity index (χ3v) is 2.33. The summed E-state index contributed by atoms with van der Waals surface area (Å²) < 4.78 is 4.70. The van der Waals surface area contributed by atoms with Gasteiger partial charge >= 0.3 is 5.97 Å². The smallest absolute Gasteiger partial charge is 0.328 e. The molecule has 0 saturated carbocycles. The first-order chi connectivity index (χ1) is 7.93. The highest BCUT2D eigenvalue weighted by atomic mass is 35.5. The van der Waals surface area contributed by atoms with Crippen LogP contribution in [0.1, 0.15) is 13.8 Å². The summed E-state index contributed by atoms with van der Waals surface area (Å²) in [4.78, 5) is 19.2. The van der Waals surface area contributed by atoms with Crippen LogP contribution in [0.15, 0.2) is 6.07 Å². The van der Waals surface area contributed by atoms with Crippen LogP contribution >= 0.6 is 11.6 Å². The topological polar surface area (TPSA) is 90.1 Å². The van der Waals surface area contributed by atoms with Gasteiger partial charge in [0.2, 0.25) is 5.95 Å². The molecule has 1 atom stereocenters. The van der Waals surface area contributed by atoms with Gasteiger partial charge in [-0.05, 0) is 5.92 Å². The van der Waals surface area contributed by atoms with Crippen LogP contribution in [-0.4, -0.2) is 29.1 Å². The Balaban J connectivity index is 2.89. The fraction of sp³-hybridized carbons (Fsp3) is 0.500. The molecule has 0 aliphatic carbocycles. The van der Waals surface area contributed by atoms with E-state index < -0.39 is 6.04 Å². The second kappa shape index (κ2) is 5.67. The number of anilines is 2. The molecular weight excluding hydrogens is 244 g/mol. The molecule has 1 unspecified atom stereocenters. The van der Waals surface area contributed by atoms with Crippen molar-refractivity contribution in [3.8, 4) is 0 Å². The van der Waals surface area contributed by atoms with E-state index in [1.807, 2.05) is 13.8 Å². The van der Waals surface area contributed by atoms with Gasteiger partial charge in [-0.2, -0.15) is 4.98 Å². The minimum absolute atomic E-state index is 0.0393. The van der Waals surface area contributed by atoms with E-state index in [1.54, 1.807) is 0 Å². The number of carbonyl (C=O) groups excluding carboxylic acids is 1. The standard InChI is InChI=1S/C10H15ClN4O2/c1-5(2)8(9(16)17-3)14-7-4-6(11)13-10(12)15-7/h4-5,8H,1-3H3,(H3,12,13,14,15). The molecule has 0 saturated heterocycles.